The maximum absolute atomic E-state index is 12.8. The predicted molar refractivity (Wildman–Crippen MR) is 81.6 cm³/mol. The summed E-state index contributed by atoms with van der Waals surface area (Å²) in [5.41, 5.74) is -0.802. The third-order valence-corrected chi connectivity index (χ3v) is 3.80. The van der Waals surface area contributed by atoms with Crippen LogP contribution in [0.15, 0.2) is 18.2 Å². The lowest BCUT2D eigenvalue weighted by molar-refractivity contribution is -0.137. The van der Waals surface area contributed by atoms with Gasteiger partial charge in [-0.05, 0) is 38.0 Å². The van der Waals surface area contributed by atoms with Crippen molar-refractivity contribution in [1.82, 2.24) is 5.32 Å². The van der Waals surface area contributed by atoms with Crippen molar-refractivity contribution >= 4 is 11.7 Å². The van der Waals surface area contributed by atoms with Crippen molar-refractivity contribution < 1.29 is 22.7 Å². The highest BCUT2D eigenvalue weighted by Crippen LogP contribution is 2.35. The van der Waals surface area contributed by atoms with Crippen LogP contribution < -0.4 is 15.4 Å². The van der Waals surface area contributed by atoms with Crippen LogP contribution in [0.3, 0.4) is 0 Å². The molecule has 1 saturated carbocycles. The molecule has 2 rings (SSSR count). The van der Waals surface area contributed by atoms with E-state index in [2.05, 4.69) is 10.6 Å². The molecule has 1 aliphatic rings. The second-order valence-electron chi connectivity index (χ2n) is 5.58. The molecule has 4 nitrogen and oxygen atoms in total. The van der Waals surface area contributed by atoms with E-state index in [1.165, 1.54) is 6.07 Å². The molecule has 0 heterocycles. The lowest BCUT2D eigenvalue weighted by Gasteiger charge is -2.23. The van der Waals surface area contributed by atoms with E-state index in [1.54, 1.807) is 6.92 Å². The maximum atomic E-state index is 12.8. The summed E-state index contributed by atoms with van der Waals surface area (Å²) in [6.45, 7) is 2.02. The number of alkyl halides is 3. The molecule has 1 aromatic carbocycles. The van der Waals surface area contributed by atoms with Crippen LogP contribution in [0, 0.1) is 0 Å². The van der Waals surface area contributed by atoms with Gasteiger partial charge >= 0.3 is 12.2 Å². The van der Waals surface area contributed by atoms with E-state index in [0.29, 0.717) is 6.61 Å². The minimum Gasteiger partial charge on any atom is -0.492 e. The van der Waals surface area contributed by atoms with Crippen molar-refractivity contribution in [2.75, 3.05) is 11.9 Å². The monoisotopic (exact) mass is 330 g/mol. The number of amides is 2. The van der Waals surface area contributed by atoms with Gasteiger partial charge in [0.1, 0.15) is 5.75 Å². The number of urea groups is 1. The standard InChI is InChI=1S/C16H21F3N2O2/c1-2-23-14-9-8-11(16(17,18)19)10-13(14)21-15(22)20-12-6-4-3-5-7-12/h8-10,12H,2-7H2,1H3,(H2,20,21,22). The number of hydrogen-bond donors (Lipinski definition) is 2. The normalized spacial score (nSPS) is 16.0. The van der Waals surface area contributed by atoms with Crippen molar-refractivity contribution in [2.45, 2.75) is 51.2 Å². The molecule has 0 spiro atoms. The van der Waals surface area contributed by atoms with Crippen molar-refractivity contribution in [1.29, 1.82) is 0 Å². The topological polar surface area (TPSA) is 50.4 Å². The summed E-state index contributed by atoms with van der Waals surface area (Å²) >= 11 is 0. The molecule has 0 bridgehead atoms. The molecule has 2 amide bonds. The molecule has 128 valence electrons. The third kappa shape index (κ3) is 5.04. The summed E-state index contributed by atoms with van der Waals surface area (Å²) in [5, 5.41) is 5.29. The lowest BCUT2D eigenvalue weighted by atomic mass is 9.96. The largest absolute Gasteiger partial charge is 0.492 e. The van der Waals surface area contributed by atoms with Crippen LogP contribution in [-0.2, 0) is 6.18 Å². The number of carbonyl (C=O) groups is 1. The molecular formula is C16H21F3N2O2. The van der Waals surface area contributed by atoms with Gasteiger partial charge in [0.25, 0.3) is 0 Å². The van der Waals surface area contributed by atoms with E-state index in [1.807, 2.05) is 0 Å². The molecule has 0 aromatic heterocycles. The summed E-state index contributed by atoms with van der Waals surface area (Å²) in [6, 6.07) is 2.63. The van der Waals surface area contributed by atoms with Crippen LogP contribution in [0.2, 0.25) is 0 Å². The van der Waals surface area contributed by atoms with E-state index >= 15 is 0 Å². The molecule has 1 aromatic rings. The number of hydrogen-bond acceptors (Lipinski definition) is 2. The molecule has 2 N–H and O–H groups in total. The maximum Gasteiger partial charge on any atom is 0.416 e. The van der Waals surface area contributed by atoms with Crippen molar-refractivity contribution in [3.05, 3.63) is 23.8 Å². The third-order valence-electron chi connectivity index (χ3n) is 3.80. The second-order valence-corrected chi connectivity index (χ2v) is 5.58. The molecule has 0 radical (unpaired) electrons. The number of carbonyl (C=O) groups excluding carboxylic acids is 1. The minimum absolute atomic E-state index is 0.0231. The molecule has 0 unspecified atom stereocenters. The molecule has 0 saturated heterocycles. The van der Waals surface area contributed by atoms with Crippen molar-refractivity contribution in [3.8, 4) is 5.75 Å². The molecule has 7 heteroatoms. The lowest BCUT2D eigenvalue weighted by Crippen LogP contribution is -2.39. The van der Waals surface area contributed by atoms with Crippen LogP contribution >= 0.6 is 0 Å². The Morgan fingerprint density at radius 1 is 1.26 bits per heavy atom. The summed E-state index contributed by atoms with van der Waals surface area (Å²) in [6.07, 6.45) is 0.586. The minimum atomic E-state index is -4.47. The van der Waals surface area contributed by atoms with E-state index in [-0.39, 0.29) is 17.5 Å². The first-order valence-corrected chi connectivity index (χ1v) is 7.81. The van der Waals surface area contributed by atoms with Crippen LogP contribution in [0.4, 0.5) is 23.7 Å². The number of benzene rings is 1. The summed E-state index contributed by atoms with van der Waals surface area (Å²) in [5.74, 6) is 0.222. The molecule has 23 heavy (non-hydrogen) atoms. The summed E-state index contributed by atoms with van der Waals surface area (Å²) < 4.78 is 43.8. The van der Waals surface area contributed by atoms with Gasteiger partial charge < -0.3 is 15.4 Å². The first-order valence-electron chi connectivity index (χ1n) is 7.81. The Bertz CT molecular complexity index is 541. The highest BCUT2D eigenvalue weighted by atomic mass is 19.4. The van der Waals surface area contributed by atoms with Crippen LogP contribution in [0.25, 0.3) is 0 Å². The van der Waals surface area contributed by atoms with Crippen LogP contribution in [-0.4, -0.2) is 18.7 Å². The predicted octanol–water partition coefficient (Wildman–Crippen LogP) is 4.56. The number of halogens is 3. The van der Waals surface area contributed by atoms with E-state index < -0.39 is 17.8 Å². The zero-order valence-corrected chi connectivity index (χ0v) is 13.0. The van der Waals surface area contributed by atoms with Gasteiger partial charge in [-0.3, -0.25) is 0 Å². The van der Waals surface area contributed by atoms with Gasteiger partial charge in [-0.25, -0.2) is 4.79 Å². The fraction of sp³-hybridized carbons (Fsp3) is 0.562. The highest BCUT2D eigenvalue weighted by Gasteiger charge is 2.31. The first kappa shape index (κ1) is 17.4. The smallest absolute Gasteiger partial charge is 0.416 e. The number of rotatable bonds is 4. The number of anilines is 1. The Morgan fingerprint density at radius 3 is 2.57 bits per heavy atom. The summed E-state index contributed by atoms with van der Waals surface area (Å²) in [4.78, 5) is 12.0. The molecule has 0 aliphatic heterocycles. The van der Waals surface area contributed by atoms with Crippen LogP contribution in [0.1, 0.15) is 44.6 Å². The van der Waals surface area contributed by atoms with Gasteiger partial charge in [0, 0.05) is 6.04 Å². The molecular weight excluding hydrogens is 309 g/mol. The Labute approximate surface area is 133 Å². The van der Waals surface area contributed by atoms with Gasteiger partial charge in [0.2, 0.25) is 0 Å². The van der Waals surface area contributed by atoms with Crippen molar-refractivity contribution in [2.24, 2.45) is 0 Å². The van der Waals surface area contributed by atoms with Gasteiger partial charge in [0.15, 0.2) is 0 Å². The quantitative estimate of drug-likeness (QED) is 0.850. The van der Waals surface area contributed by atoms with Gasteiger partial charge in [0.05, 0.1) is 17.9 Å². The number of ether oxygens (including phenoxy) is 1. The number of nitrogens with one attached hydrogen (secondary N) is 2. The zero-order valence-electron chi connectivity index (χ0n) is 13.0. The summed E-state index contributed by atoms with van der Waals surface area (Å²) in [7, 11) is 0. The Balaban J connectivity index is 2.10. The molecule has 1 fully saturated rings. The average molecular weight is 330 g/mol. The molecule has 1 aliphatic carbocycles. The molecule has 0 atom stereocenters. The SMILES string of the molecule is CCOc1ccc(C(F)(F)F)cc1NC(=O)NC1CCCCC1. The fourth-order valence-electron chi connectivity index (χ4n) is 2.68. The Kier molecular flexibility index (Phi) is 5.74. The zero-order chi connectivity index (χ0) is 16.9. The average Bonchev–Trinajstić information content (AvgIpc) is 2.49. The first-order chi connectivity index (χ1) is 10.9. The van der Waals surface area contributed by atoms with E-state index in [0.717, 1.165) is 44.2 Å². The van der Waals surface area contributed by atoms with Gasteiger partial charge in [-0.15, -0.1) is 0 Å². The second kappa shape index (κ2) is 7.57. The van der Waals surface area contributed by atoms with E-state index in [4.69, 9.17) is 4.74 Å². The van der Waals surface area contributed by atoms with E-state index in [9.17, 15) is 18.0 Å². The Hall–Kier alpha value is -1.92. The van der Waals surface area contributed by atoms with Crippen LogP contribution in [0.5, 0.6) is 5.75 Å². The van der Waals surface area contributed by atoms with Crippen molar-refractivity contribution in [3.63, 3.8) is 0 Å². The highest BCUT2D eigenvalue weighted by molar-refractivity contribution is 5.91. The fourth-order valence-corrected chi connectivity index (χ4v) is 2.68. The van der Waals surface area contributed by atoms with Gasteiger partial charge in [-0.1, -0.05) is 19.3 Å². The van der Waals surface area contributed by atoms with Gasteiger partial charge in [-0.2, -0.15) is 13.2 Å². The Morgan fingerprint density at radius 2 is 1.96 bits per heavy atom.